The van der Waals surface area contributed by atoms with Crippen molar-refractivity contribution in [3.8, 4) is 11.5 Å². The monoisotopic (exact) mass is 417 g/mol. The highest BCUT2D eigenvalue weighted by molar-refractivity contribution is 6.14. The molecule has 158 valence electrons. The van der Waals surface area contributed by atoms with Gasteiger partial charge in [0.25, 0.3) is 0 Å². The van der Waals surface area contributed by atoms with Crippen molar-refractivity contribution in [2.45, 2.75) is 13.5 Å². The number of carbonyl (C=O) groups is 1. The normalized spacial score (nSPS) is 17.8. The number of hydrogen-bond donors (Lipinski definition) is 1. The van der Waals surface area contributed by atoms with Gasteiger partial charge in [0.2, 0.25) is 5.78 Å². The fourth-order valence-electron chi connectivity index (χ4n) is 4.01. The van der Waals surface area contributed by atoms with Crippen LogP contribution < -0.4 is 9.64 Å². The number of ether oxygens (including phenoxy) is 1. The summed E-state index contributed by atoms with van der Waals surface area (Å²) in [5.41, 5.74) is 1.10. The Kier molecular flexibility index (Phi) is 4.95. The molecule has 0 radical (unpaired) electrons. The van der Waals surface area contributed by atoms with Crippen LogP contribution in [0.15, 0.2) is 58.8 Å². The minimum Gasteiger partial charge on any atom is -0.507 e. The van der Waals surface area contributed by atoms with Crippen LogP contribution in [0.3, 0.4) is 0 Å². The molecule has 0 amide bonds. The number of phenols is 1. The van der Waals surface area contributed by atoms with Crippen LogP contribution in [-0.4, -0.2) is 47.0 Å². The standard InChI is InChI=1S/C24H23N3O4/c1-16-5-6-17(30-16)14-21-23(29)18-7-8-20(28)19(24(18)31-21)15-26-10-12-27(13-11-26)22-4-2-3-9-25-22/h2-9,14,28H,10-13,15H2,1H3/b21-14-. The molecule has 5 rings (SSSR count). The molecule has 0 spiro atoms. The van der Waals surface area contributed by atoms with Gasteiger partial charge in [0, 0.05) is 45.0 Å². The first-order valence-electron chi connectivity index (χ1n) is 10.3. The third-order valence-corrected chi connectivity index (χ3v) is 5.68. The first-order valence-corrected chi connectivity index (χ1v) is 10.3. The van der Waals surface area contributed by atoms with Crippen molar-refractivity contribution in [2.24, 2.45) is 0 Å². The molecular weight excluding hydrogens is 394 g/mol. The molecule has 0 saturated carbocycles. The average molecular weight is 417 g/mol. The second-order valence-electron chi connectivity index (χ2n) is 7.78. The van der Waals surface area contributed by atoms with E-state index in [1.807, 2.05) is 31.2 Å². The molecule has 0 aliphatic carbocycles. The number of pyridine rings is 1. The van der Waals surface area contributed by atoms with E-state index in [-0.39, 0.29) is 17.3 Å². The zero-order valence-corrected chi connectivity index (χ0v) is 17.2. The van der Waals surface area contributed by atoms with Crippen molar-refractivity contribution < 1.29 is 19.1 Å². The third-order valence-electron chi connectivity index (χ3n) is 5.68. The Morgan fingerprint density at radius 1 is 1.10 bits per heavy atom. The number of piperazine rings is 1. The van der Waals surface area contributed by atoms with E-state index in [0.717, 1.165) is 37.8 Å². The maximum Gasteiger partial charge on any atom is 0.232 e. The maximum atomic E-state index is 12.8. The van der Waals surface area contributed by atoms with Gasteiger partial charge in [-0.2, -0.15) is 0 Å². The molecule has 1 saturated heterocycles. The number of benzene rings is 1. The van der Waals surface area contributed by atoms with Gasteiger partial charge in [-0.25, -0.2) is 4.98 Å². The molecule has 4 heterocycles. The van der Waals surface area contributed by atoms with Crippen LogP contribution in [-0.2, 0) is 6.54 Å². The molecule has 1 aromatic carbocycles. The molecule has 0 unspecified atom stereocenters. The number of phenolic OH excluding ortho intramolecular Hbond substituents is 1. The van der Waals surface area contributed by atoms with Crippen molar-refractivity contribution in [1.29, 1.82) is 0 Å². The van der Waals surface area contributed by atoms with E-state index in [2.05, 4.69) is 14.8 Å². The second kappa shape index (κ2) is 7.92. The van der Waals surface area contributed by atoms with Gasteiger partial charge < -0.3 is 19.2 Å². The number of furan rings is 1. The zero-order chi connectivity index (χ0) is 21.4. The van der Waals surface area contributed by atoms with Crippen molar-refractivity contribution in [3.63, 3.8) is 0 Å². The lowest BCUT2D eigenvalue weighted by atomic mass is 10.0. The van der Waals surface area contributed by atoms with Gasteiger partial charge in [0.05, 0.1) is 11.1 Å². The quantitative estimate of drug-likeness (QED) is 0.650. The van der Waals surface area contributed by atoms with Gasteiger partial charge in [0.15, 0.2) is 5.76 Å². The van der Waals surface area contributed by atoms with Crippen LogP contribution in [0.4, 0.5) is 5.82 Å². The maximum absolute atomic E-state index is 12.8. The summed E-state index contributed by atoms with van der Waals surface area (Å²) < 4.78 is 11.5. The largest absolute Gasteiger partial charge is 0.507 e. The van der Waals surface area contributed by atoms with Crippen molar-refractivity contribution in [2.75, 3.05) is 31.1 Å². The molecule has 31 heavy (non-hydrogen) atoms. The highest BCUT2D eigenvalue weighted by Crippen LogP contribution is 2.40. The topological polar surface area (TPSA) is 79.0 Å². The average Bonchev–Trinajstić information content (AvgIpc) is 3.34. The first kappa shape index (κ1) is 19.4. The lowest BCUT2D eigenvalue weighted by Gasteiger charge is -2.35. The number of carbonyl (C=O) groups excluding carboxylic acids is 1. The highest BCUT2D eigenvalue weighted by Gasteiger charge is 2.32. The molecular formula is C24H23N3O4. The summed E-state index contributed by atoms with van der Waals surface area (Å²) in [5, 5.41) is 10.5. The third kappa shape index (κ3) is 3.80. The minimum absolute atomic E-state index is 0.133. The minimum atomic E-state index is -0.203. The Hall–Kier alpha value is -3.58. The van der Waals surface area contributed by atoms with Gasteiger partial charge in [-0.05, 0) is 43.3 Å². The lowest BCUT2D eigenvalue weighted by molar-refractivity contribution is 0.101. The van der Waals surface area contributed by atoms with Gasteiger partial charge in [-0.1, -0.05) is 6.07 Å². The van der Waals surface area contributed by atoms with Crippen LogP contribution in [0.1, 0.15) is 27.4 Å². The van der Waals surface area contributed by atoms with Crippen LogP contribution in [0.25, 0.3) is 6.08 Å². The van der Waals surface area contributed by atoms with E-state index in [1.165, 1.54) is 0 Å². The Morgan fingerprint density at radius 2 is 1.94 bits per heavy atom. The van der Waals surface area contributed by atoms with Crippen LogP contribution in [0.5, 0.6) is 11.5 Å². The predicted molar refractivity (Wildman–Crippen MR) is 116 cm³/mol. The molecule has 0 bridgehead atoms. The van der Waals surface area contributed by atoms with E-state index in [4.69, 9.17) is 9.15 Å². The van der Waals surface area contributed by atoms with Crippen LogP contribution in [0, 0.1) is 6.92 Å². The molecule has 2 aliphatic heterocycles. The summed E-state index contributed by atoms with van der Waals surface area (Å²) >= 11 is 0. The number of Topliss-reactive ketones (excluding diaryl/α,β-unsaturated/α-hetero) is 1. The molecule has 2 aliphatic rings. The Labute approximate surface area is 180 Å². The van der Waals surface area contributed by atoms with E-state index >= 15 is 0 Å². The first-order chi connectivity index (χ1) is 15.1. The summed E-state index contributed by atoms with van der Waals surface area (Å²) in [5.74, 6) is 2.87. The molecule has 3 aromatic rings. The SMILES string of the molecule is Cc1ccc(/C=C2\Oc3c(ccc(O)c3CN3CCN(c4ccccn4)CC3)C2=O)o1. The number of aryl methyl sites for hydroxylation is 1. The number of allylic oxidation sites excluding steroid dienone is 1. The smallest absolute Gasteiger partial charge is 0.232 e. The number of hydrogen-bond acceptors (Lipinski definition) is 7. The van der Waals surface area contributed by atoms with Crippen LogP contribution in [0.2, 0.25) is 0 Å². The fourth-order valence-corrected chi connectivity index (χ4v) is 4.01. The molecule has 0 atom stereocenters. The second-order valence-corrected chi connectivity index (χ2v) is 7.78. The van der Waals surface area contributed by atoms with Crippen LogP contribution >= 0.6 is 0 Å². The zero-order valence-electron chi connectivity index (χ0n) is 17.2. The van der Waals surface area contributed by atoms with Gasteiger partial charge in [0.1, 0.15) is 28.8 Å². The number of ketones is 1. The van der Waals surface area contributed by atoms with E-state index in [1.54, 1.807) is 30.5 Å². The van der Waals surface area contributed by atoms with Gasteiger partial charge >= 0.3 is 0 Å². The summed E-state index contributed by atoms with van der Waals surface area (Å²) in [6.07, 6.45) is 3.40. The number of rotatable bonds is 4. The predicted octanol–water partition coefficient (Wildman–Crippen LogP) is 3.63. The number of nitrogens with zero attached hydrogens (tertiary/aromatic N) is 3. The van der Waals surface area contributed by atoms with Crippen molar-refractivity contribution in [1.82, 2.24) is 9.88 Å². The summed E-state index contributed by atoms with van der Waals surface area (Å²) in [7, 11) is 0. The lowest BCUT2D eigenvalue weighted by Crippen LogP contribution is -2.46. The molecule has 7 heteroatoms. The number of aromatic hydroxyl groups is 1. The molecule has 1 fully saturated rings. The Bertz CT molecular complexity index is 1140. The molecule has 2 aromatic heterocycles. The fraction of sp³-hybridized carbons (Fsp3) is 0.250. The Morgan fingerprint density at radius 3 is 2.65 bits per heavy atom. The number of fused-ring (bicyclic) bond motifs is 1. The molecule has 7 nitrogen and oxygen atoms in total. The van der Waals surface area contributed by atoms with Gasteiger partial charge in [-0.15, -0.1) is 0 Å². The summed E-state index contributed by atoms with van der Waals surface area (Å²) in [6, 6.07) is 12.7. The summed E-state index contributed by atoms with van der Waals surface area (Å²) in [6.45, 7) is 5.68. The number of anilines is 1. The van der Waals surface area contributed by atoms with E-state index in [0.29, 0.717) is 29.2 Å². The van der Waals surface area contributed by atoms with Crippen molar-refractivity contribution >= 4 is 17.7 Å². The van der Waals surface area contributed by atoms with Crippen molar-refractivity contribution in [3.05, 3.63) is 77.1 Å². The molecule has 1 N–H and O–H groups in total. The Balaban J connectivity index is 1.33. The highest BCUT2D eigenvalue weighted by atomic mass is 16.5. The summed E-state index contributed by atoms with van der Waals surface area (Å²) in [4.78, 5) is 21.7. The number of aromatic nitrogens is 1. The van der Waals surface area contributed by atoms with Gasteiger partial charge in [-0.3, -0.25) is 9.69 Å². The van der Waals surface area contributed by atoms with E-state index < -0.39 is 0 Å². The van der Waals surface area contributed by atoms with E-state index in [9.17, 15) is 9.90 Å².